The maximum Gasteiger partial charge on any atom is 0.324 e. The van der Waals surface area contributed by atoms with Crippen molar-refractivity contribution in [3.05, 3.63) is 63.7 Å². The Kier molecular flexibility index (Phi) is 6.46. The second-order valence-corrected chi connectivity index (χ2v) is 8.15. The predicted molar refractivity (Wildman–Crippen MR) is 115 cm³/mol. The van der Waals surface area contributed by atoms with Crippen LogP contribution in [0.15, 0.2) is 36.4 Å². The summed E-state index contributed by atoms with van der Waals surface area (Å²) in [6.45, 7) is 7.95. The summed E-state index contributed by atoms with van der Waals surface area (Å²) < 4.78 is 5.87. The van der Waals surface area contributed by atoms with Crippen molar-refractivity contribution < 1.29 is 19.1 Å². The number of carbonyl (C=O) groups excluding carboxylic acids is 3. The molecule has 2 aromatic carbocycles. The molecule has 0 aliphatic carbocycles. The number of benzene rings is 2. The molecule has 0 saturated carbocycles. The van der Waals surface area contributed by atoms with Crippen molar-refractivity contribution in [2.24, 2.45) is 5.92 Å². The third-order valence-electron chi connectivity index (χ3n) is 5.38. The summed E-state index contributed by atoms with van der Waals surface area (Å²) in [4.78, 5) is 38.6. The molecular formula is C23H25ClN2O4. The highest BCUT2D eigenvalue weighted by atomic mass is 35.5. The Balaban J connectivity index is 1.77. The van der Waals surface area contributed by atoms with Gasteiger partial charge in [-0.1, -0.05) is 35.7 Å². The van der Waals surface area contributed by atoms with E-state index >= 15 is 0 Å². The van der Waals surface area contributed by atoms with Crippen molar-refractivity contribution in [3.8, 4) is 5.75 Å². The summed E-state index contributed by atoms with van der Waals surface area (Å²) in [6.07, 6.45) is 0. The highest BCUT2D eigenvalue weighted by Gasteiger charge is 2.35. The molecule has 2 atom stereocenters. The van der Waals surface area contributed by atoms with Gasteiger partial charge >= 0.3 is 6.03 Å². The minimum atomic E-state index is -0.433. The minimum Gasteiger partial charge on any atom is -0.491 e. The van der Waals surface area contributed by atoms with Gasteiger partial charge in [0.1, 0.15) is 12.4 Å². The zero-order valence-corrected chi connectivity index (χ0v) is 18.2. The van der Waals surface area contributed by atoms with E-state index in [0.717, 1.165) is 11.1 Å². The van der Waals surface area contributed by atoms with E-state index in [1.807, 2.05) is 39.0 Å². The molecule has 0 radical (unpaired) electrons. The van der Waals surface area contributed by atoms with Gasteiger partial charge in [-0.3, -0.25) is 14.9 Å². The van der Waals surface area contributed by atoms with Crippen LogP contribution < -0.4 is 10.1 Å². The molecule has 1 N–H and O–H groups in total. The minimum absolute atomic E-state index is 0.174. The van der Waals surface area contributed by atoms with Gasteiger partial charge < -0.3 is 9.64 Å². The summed E-state index contributed by atoms with van der Waals surface area (Å²) in [5, 5.41) is 2.78. The van der Waals surface area contributed by atoms with Gasteiger partial charge in [0.2, 0.25) is 5.91 Å². The number of ether oxygens (including phenoxy) is 1. The molecule has 2 aromatic rings. The molecule has 1 aliphatic heterocycles. The van der Waals surface area contributed by atoms with Crippen LogP contribution in [0.1, 0.15) is 40.9 Å². The molecule has 0 bridgehead atoms. The number of amides is 3. The smallest absolute Gasteiger partial charge is 0.324 e. The number of ketones is 1. The molecule has 0 spiro atoms. The van der Waals surface area contributed by atoms with E-state index in [0.29, 0.717) is 21.9 Å². The van der Waals surface area contributed by atoms with Crippen LogP contribution in [0.5, 0.6) is 5.75 Å². The topological polar surface area (TPSA) is 75.7 Å². The molecule has 6 nitrogen and oxygen atoms in total. The van der Waals surface area contributed by atoms with E-state index in [1.54, 1.807) is 30.0 Å². The van der Waals surface area contributed by atoms with Crippen molar-refractivity contribution in [3.63, 3.8) is 0 Å². The van der Waals surface area contributed by atoms with Crippen molar-refractivity contribution in [2.45, 2.75) is 33.7 Å². The van der Waals surface area contributed by atoms with E-state index in [2.05, 4.69) is 5.32 Å². The van der Waals surface area contributed by atoms with Crippen LogP contribution in [0.4, 0.5) is 4.79 Å². The van der Waals surface area contributed by atoms with Crippen molar-refractivity contribution in [2.75, 3.05) is 13.2 Å². The lowest BCUT2D eigenvalue weighted by atomic mass is 9.98. The van der Waals surface area contributed by atoms with E-state index in [1.165, 1.54) is 0 Å². The van der Waals surface area contributed by atoms with Crippen LogP contribution in [0.3, 0.4) is 0 Å². The lowest BCUT2D eigenvalue weighted by molar-refractivity contribution is -0.127. The highest BCUT2D eigenvalue weighted by molar-refractivity contribution is 6.31. The molecule has 1 saturated heterocycles. The zero-order chi connectivity index (χ0) is 22.0. The predicted octanol–water partition coefficient (Wildman–Crippen LogP) is 4.14. The first kappa shape index (κ1) is 21.8. The highest BCUT2D eigenvalue weighted by Crippen LogP contribution is 2.27. The van der Waals surface area contributed by atoms with Gasteiger partial charge in [-0.25, -0.2) is 4.79 Å². The van der Waals surface area contributed by atoms with Gasteiger partial charge in [-0.2, -0.15) is 0 Å². The van der Waals surface area contributed by atoms with Gasteiger partial charge in [0.15, 0.2) is 5.78 Å². The molecule has 30 heavy (non-hydrogen) atoms. The fourth-order valence-corrected chi connectivity index (χ4v) is 3.76. The quantitative estimate of drug-likeness (QED) is 0.701. The molecule has 1 fully saturated rings. The number of hydrogen-bond donors (Lipinski definition) is 1. The van der Waals surface area contributed by atoms with Crippen LogP contribution in [0.25, 0.3) is 0 Å². The standard InChI is InChI=1S/C23H25ClN2O4/c1-13-9-14(2)11-17(10-13)21(27)19-12-18(24)5-6-20(19)30-8-7-26-16(4)15(3)22(28)25-23(26)29/h5-6,9-12,15-16H,7-8H2,1-4H3,(H,25,28,29). The Hall–Kier alpha value is -2.86. The Labute approximate surface area is 181 Å². The third kappa shape index (κ3) is 4.65. The zero-order valence-electron chi connectivity index (χ0n) is 17.5. The lowest BCUT2D eigenvalue weighted by Crippen LogP contribution is -2.59. The first-order valence-electron chi connectivity index (χ1n) is 9.84. The molecule has 1 heterocycles. The number of urea groups is 1. The number of halogens is 1. The summed E-state index contributed by atoms with van der Waals surface area (Å²) in [5.74, 6) is -0.357. The van der Waals surface area contributed by atoms with Gasteiger partial charge in [-0.15, -0.1) is 0 Å². The number of imide groups is 1. The van der Waals surface area contributed by atoms with E-state index in [9.17, 15) is 14.4 Å². The second-order valence-electron chi connectivity index (χ2n) is 7.71. The maximum atomic E-state index is 13.1. The largest absolute Gasteiger partial charge is 0.491 e. The van der Waals surface area contributed by atoms with Crippen LogP contribution in [-0.4, -0.2) is 41.8 Å². The lowest BCUT2D eigenvalue weighted by Gasteiger charge is -2.36. The Bertz CT molecular complexity index is 984. The van der Waals surface area contributed by atoms with Gasteiger partial charge in [0.05, 0.1) is 18.0 Å². The molecule has 7 heteroatoms. The fourth-order valence-electron chi connectivity index (χ4n) is 3.59. The summed E-state index contributed by atoms with van der Waals surface area (Å²) in [6, 6.07) is 9.90. The van der Waals surface area contributed by atoms with E-state index in [-0.39, 0.29) is 36.8 Å². The molecule has 158 valence electrons. The second kappa shape index (κ2) is 8.88. The van der Waals surface area contributed by atoms with Crippen molar-refractivity contribution in [1.82, 2.24) is 10.2 Å². The number of aryl methyl sites for hydroxylation is 2. The number of carbonyl (C=O) groups is 3. The van der Waals surface area contributed by atoms with Crippen LogP contribution in [0, 0.1) is 19.8 Å². The molecule has 3 rings (SSSR count). The van der Waals surface area contributed by atoms with Crippen LogP contribution in [0.2, 0.25) is 5.02 Å². The summed E-state index contributed by atoms with van der Waals surface area (Å²) in [5.41, 5.74) is 2.93. The number of hydrogen-bond acceptors (Lipinski definition) is 4. The molecular weight excluding hydrogens is 404 g/mol. The van der Waals surface area contributed by atoms with Gasteiger partial charge in [-0.05, 0) is 51.1 Å². The average Bonchev–Trinajstić information content (AvgIpc) is 2.68. The Morgan fingerprint density at radius 2 is 1.77 bits per heavy atom. The maximum absolute atomic E-state index is 13.1. The van der Waals surface area contributed by atoms with E-state index in [4.69, 9.17) is 16.3 Å². The monoisotopic (exact) mass is 428 g/mol. The Morgan fingerprint density at radius 1 is 1.10 bits per heavy atom. The summed E-state index contributed by atoms with van der Waals surface area (Å²) >= 11 is 6.13. The van der Waals surface area contributed by atoms with Crippen LogP contribution in [-0.2, 0) is 4.79 Å². The molecule has 3 amide bonds. The molecule has 0 aromatic heterocycles. The first-order chi connectivity index (χ1) is 14.2. The van der Waals surface area contributed by atoms with Gasteiger partial charge in [0, 0.05) is 16.6 Å². The van der Waals surface area contributed by atoms with Gasteiger partial charge in [0.25, 0.3) is 0 Å². The SMILES string of the molecule is Cc1cc(C)cc(C(=O)c2cc(Cl)ccc2OCCN2C(=O)NC(=O)C(C)C2C)c1. The molecule has 2 unspecified atom stereocenters. The van der Waals surface area contributed by atoms with E-state index < -0.39 is 6.03 Å². The van der Waals surface area contributed by atoms with Crippen LogP contribution >= 0.6 is 11.6 Å². The summed E-state index contributed by atoms with van der Waals surface area (Å²) in [7, 11) is 0. The Morgan fingerprint density at radius 3 is 2.43 bits per heavy atom. The number of nitrogens with zero attached hydrogens (tertiary/aromatic N) is 1. The number of nitrogens with one attached hydrogen (secondary N) is 1. The number of rotatable bonds is 6. The first-order valence-corrected chi connectivity index (χ1v) is 10.2. The third-order valence-corrected chi connectivity index (χ3v) is 5.61. The van der Waals surface area contributed by atoms with Crippen molar-refractivity contribution >= 4 is 29.3 Å². The molecule has 1 aliphatic rings. The fraction of sp³-hybridized carbons (Fsp3) is 0.348. The van der Waals surface area contributed by atoms with Crippen molar-refractivity contribution in [1.29, 1.82) is 0 Å². The average molecular weight is 429 g/mol. The normalized spacial score (nSPS) is 18.9.